The molecule has 1 aromatic rings. The first kappa shape index (κ1) is 14.3. The van der Waals surface area contributed by atoms with Gasteiger partial charge in [-0.1, -0.05) is 13.8 Å². The van der Waals surface area contributed by atoms with E-state index in [0.29, 0.717) is 5.92 Å². The van der Waals surface area contributed by atoms with Crippen LogP contribution in [-0.2, 0) is 6.54 Å². The minimum absolute atomic E-state index is 0.482. The van der Waals surface area contributed by atoms with Crippen molar-refractivity contribution in [3.8, 4) is 0 Å². The number of nitrogens with one attached hydrogen (secondary N) is 1. The Bertz CT molecular complexity index is 410. The maximum Gasteiger partial charge on any atom is 0.129 e. The third-order valence-corrected chi connectivity index (χ3v) is 3.75. The van der Waals surface area contributed by atoms with Gasteiger partial charge in [-0.15, -0.1) is 0 Å². The molecule has 1 heterocycles. The minimum atomic E-state index is 0.482. The van der Waals surface area contributed by atoms with Gasteiger partial charge in [0, 0.05) is 25.3 Å². The lowest BCUT2D eigenvalue weighted by Crippen LogP contribution is -2.27. The van der Waals surface area contributed by atoms with E-state index in [1.807, 2.05) is 7.05 Å². The molecule has 3 heteroatoms. The fourth-order valence-corrected chi connectivity index (χ4v) is 2.35. The molecule has 0 amide bonds. The third-order valence-electron chi connectivity index (χ3n) is 3.75. The normalized spacial score (nSPS) is 15.0. The van der Waals surface area contributed by atoms with Gasteiger partial charge in [-0.3, -0.25) is 0 Å². The summed E-state index contributed by atoms with van der Waals surface area (Å²) in [6.45, 7) is 9.78. The highest BCUT2D eigenvalue weighted by Crippen LogP contribution is 2.31. The fourth-order valence-electron chi connectivity index (χ4n) is 2.35. The van der Waals surface area contributed by atoms with Crippen LogP contribution in [0.15, 0.2) is 12.1 Å². The third kappa shape index (κ3) is 3.93. The first-order chi connectivity index (χ1) is 9.13. The van der Waals surface area contributed by atoms with E-state index in [9.17, 15) is 0 Å². The fraction of sp³-hybridized carbons (Fsp3) is 0.688. The summed E-state index contributed by atoms with van der Waals surface area (Å²) in [6, 6.07) is 4.48. The number of aromatic nitrogens is 1. The largest absolute Gasteiger partial charge is 0.357 e. The van der Waals surface area contributed by atoms with Crippen molar-refractivity contribution in [1.29, 1.82) is 0 Å². The molecule has 1 N–H and O–H groups in total. The van der Waals surface area contributed by atoms with Crippen LogP contribution in [-0.4, -0.2) is 25.1 Å². The quantitative estimate of drug-likeness (QED) is 0.817. The smallest absolute Gasteiger partial charge is 0.129 e. The van der Waals surface area contributed by atoms with Crippen molar-refractivity contribution in [2.24, 2.45) is 5.92 Å². The van der Waals surface area contributed by atoms with Gasteiger partial charge in [-0.25, -0.2) is 4.98 Å². The molecule has 1 aliphatic carbocycles. The Labute approximate surface area is 117 Å². The Morgan fingerprint density at radius 2 is 2.11 bits per heavy atom. The second kappa shape index (κ2) is 6.38. The van der Waals surface area contributed by atoms with Gasteiger partial charge < -0.3 is 10.2 Å². The summed E-state index contributed by atoms with van der Waals surface area (Å²) in [5.41, 5.74) is 2.54. The summed E-state index contributed by atoms with van der Waals surface area (Å²) in [7, 11) is 2.00. The van der Waals surface area contributed by atoms with E-state index in [1.54, 1.807) is 0 Å². The standard InChI is InChI=1S/C16H27N3/c1-5-19(11-13-6-7-13)16-9-14(10-17-4)8-15(18-16)12(2)3/h8-9,12-13,17H,5-7,10-11H2,1-4H3. The summed E-state index contributed by atoms with van der Waals surface area (Å²) >= 11 is 0. The first-order valence-electron chi connectivity index (χ1n) is 7.54. The van der Waals surface area contributed by atoms with E-state index in [0.717, 1.165) is 24.8 Å². The highest BCUT2D eigenvalue weighted by atomic mass is 15.2. The molecule has 3 nitrogen and oxygen atoms in total. The van der Waals surface area contributed by atoms with Crippen LogP contribution in [0.4, 0.5) is 5.82 Å². The molecule has 1 fully saturated rings. The van der Waals surface area contributed by atoms with Gasteiger partial charge in [-0.2, -0.15) is 0 Å². The molecule has 19 heavy (non-hydrogen) atoms. The van der Waals surface area contributed by atoms with E-state index < -0.39 is 0 Å². The second-order valence-corrected chi connectivity index (χ2v) is 5.93. The molecule has 0 atom stereocenters. The Kier molecular flexibility index (Phi) is 4.81. The number of hydrogen-bond acceptors (Lipinski definition) is 3. The molecular weight excluding hydrogens is 234 g/mol. The predicted octanol–water partition coefficient (Wildman–Crippen LogP) is 3.16. The van der Waals surface area contributed by atoms with Crippen LogP contribution in [0, 0.1) is 5.92 Å². The Morgan fingerprint density at radius 1 is 1.37 bits per heavy atom. The van der Waals surface area contributed by atoms with Crippen LogP contribution in [0.1, 0.15) is 50.8 Å². The molecule has 106 valence electrons. The van der Waals surface area contributed by atoms with Gasteiger partial charge in [-0.05, 0) is 56.3 Å². The van der Waals surface area contributed by atoms with Crippen molar-refractivity contribution in [1.82, 2.24) is 10.3 Å². The lowest BCUT2D eigenvalue weighted by Gasteiger charge is -2.24. The zero-order chi connectivity index (χ0) is 13.8. The van der Waals surface area contributed by atoms with Crippen LogP contribution in [0.3, 0.4) is 0 Å². The zero-order valence-corrected chi connectivity index (χ0v) is 12.7. The van der Waals surface area contributed by atoms with Gasteiger partial charge in [0.1, 0.15) is 5.82 Å². The average molecular weight is 261 g/mol. The zero-order valence-electron chi connectivity index (χ0n) is 12.7. The van der Waals surface area contributed by atoms with Crippen molar-refractivity contribution in [2.75, 3.05) is 25.0 Å². The SMILES string of the molecule is CCN(CC1CC1)c1cc(CNC)cc(C(C)C)n1. The molecule has 1 aromatic heterocycles. The summed E-state index contributed by atoms with van der Waals surface area (Å²) in [4.78, 5) is 7.30. The van der Waals surface area contributed by atoms with Crippen molar-refractivity contribution < 1.29 is 0 Å². The van der Waals surface area contributed by atoms with Gasteiger partial charge in [0.25, 0.3) is 0 Å². The monoisotopic (exact) mass is 261 g/mol. The Hall–Kier alpha value is -1.09. The van der Waals surface area contributed by atoms with Gasteiger partial charge in [0.05, 0.1) is 0 Å². The van der Waals surface area contributed by atoms with Crippen LogP contribution < -0.4 is 10.2 Å². The summed E-state index contributed by atoms with van der Waals surface area (Å²) in [6.07, 6.45) is 2.79. The number of anilines is 1. The topological polar surface area (TPSA) is 28.2 Å². The van der Waals surface area contributed by atoms with Gasteiger partial charge in [0.2, 0.25) is 0 Å². The lowest BCUT2D eigenvalue weighted by atomic mass is 10.1. The highest BCUT2D eigenvalue weighted by Gasteiger charge is 2.24. The van der Waals surface area contributed by atoms with E-state index >= 15 is 0 Å². The molecule has 0 aromatic carbocycles. The molecule has 1 aliphatic rings. The van der Waals surface area contributed by atoms with Crippen molar-refractivity contribution >= 4 is 5.82 Å². The number of pyridine rings is 1. The van der Waals surface area contributed by atoms with Crippen LogP contribution in [0.25, 0.3) is 0 Å². The minimum Gasteiger partial charge on any atom is -0.357 e. The van der Waals surface area contributed by atoms with Crippen LogP contribution in [0.5, 0.6) is 0 Å². The number of nitrogens with zero attached hydrogens (tertiary/aromatic N) is 2. The summed E-state index contributed by atoms with van der Waals surface area (Å²) in [5, 5.41) is 3.24. The Balaban J connectivity index is 2.24. The van der Waals surface area contributed by atoms with Crippen LogP contribution in [0.2, 0.25) is 0 Å². The molecule has 0 aliphatic heterocycles. The Morgan fingerprint density at radius 3 is 2.63 bits per heavy atom. The molecule has 1 saturated carbocycles. The van der Waals surface area contributed by atoms with Gasteiger partial charge in [0.15, 0.2) is 0 Å². The predicted molar refractivity (Wildman–Crippen MR) is 81.7 cm³/mol. The molecule has 2 rings (SSSR count). The lowest BCUT2D eigenvalue weighted by molar-refractivity contribution is 0.718. The molecule has 0 saturated heterocycles. The first-order valence-corrected chi connectivity index (χ1v) is 7.54. The molecular formula is C16H27N3. The maximum atomic E-state index is 4.87. The number of rotatable bonds is 7. The van der Waals surface area contributed by atoms with E-state index in [-0.39, 0.29) is 0 Å². The van der Waals surface area contributed by atoms with E-state index in [2.05, 4.69) is 43.1 Å². The average Bonchev–Trinajstić information content (AvgIpc) is 3.19. The van der Waals surface area contributed by atoms with E-state index in [1.165, 1.54) is 30.6 Å². The van der Waals surface area contributed by atoms with Gasteiger partial charge >= 0.3 is 0 Å². The summed E-state index contributed by atoms with van der Waals surface area (Å²) in [5.74, 6) is 2.54. The maximum absolute atomic E-state index is 4.87. The second-order valence-electron chi connectivity index (χ2n) is 5.93. The number of hydrogen-bond donors (Lipinski definition) is 1. The molecule has 0 unspecified atom stereocenters. The molecule has 0 bridgehead atoms. The van der Waals surface area contributed by atoms with E-state index in [4.69, 9.17) is 4.98 Å². The molecule has 0 radical (unpaired) electrons. The van der Waals surface area contributed by atoms with Crippen molar-refractivity contribution in [3.63, 3.8) is 0 Å². The highest BCUT2D eigenvalue weighted by molar-refractivity contribution is 5.43. The molecule has 0 spiro atoms. The van der Waals surface area contributed by atoms with Crippen molar-refractivity contribution in [3.05, 3.63) is 23.4 Å². The van der Waals surface area contributed by atoms with Crippen LogP contribution >= 0.6 is 0 Å². The summed E-state index contributed by atoms with van der Waals surface area (Å²) < 4.78 is 0. The van der Waals surface area contributed by atoms with Crippen molar-refractivity contribution in [2.45, 2.75) is 46.1 Å².